The number of likely N-dealkylation sites (tertiary alicyclic amines) is 1. The Morgan fingerprint density at radius 1 is 1.50 bits per heavy atom. The van der Waals surface area contributed by atoms with E-state index in [-0.39, 0.29) is 0 Å². The topological polar surface area (TPSA) is 15.3 Å². The van der Waals surface area contributed by atoms with Crippen molar-refractivity contribution in [3.05, 3.63) is 0 Å². The maximum absolute atomic E-state index is 3.47. The van der Waals surface area contributed by atoms with E-state index in [1.54, 1.807) is 0 Å². The summed E-state index contributed by atoms with van der Waals surface area (Å²) in [5, 5.41) is 3.47. The first-order valence-corrected chi connectivity index (χ1v) is 4.32. The second kappa shape index (κ2) is 3.94. The lowest BCUT2D eigenvalue weighted by molar-refractivity contribution is 0.346. The second-order valence-electron chi connectivity index (χ2n) is 2.94. The summed E-state index contributed by atoms with van der Waals surface area (Å²) in [5.41, 5.74) is 0. The lowest BCUT2D eigenvalue weighted by atomic mass is 10.3. The van der Waals surface area contributed by atoms with Gasteiger partial charge in [-0.15, -0.1) is 0 Å². The van der Waals surface area contributed by atoms with Gasteiger partial charge in [0.1, 0.15) is 0 Å². The number of nitrogens with one attached hydrogen (secondary N) is 1. The summed E-state index contributed by atoms with van der Waals surface area (Å²) in [7, 11) is 0. The van der Waals surface area contributed by atoms with Crippen LogP contribution in [0.2, 0.25) is 0 Å². The van der Waals surface area contributed by atoms with E-state index in [4.69, 9.17) is 0 Å². The van der Waals surface area contributed by atoms with E-state index in [2.05, 4.69) is 24.1 Å². The van der Waals surface area contributed by atoms with Gasteiger partial charge >= 0.3 is 0 Å². The number of rotatable bonds is 3. The lowest BCUT2D eigenvalue weighted by Crippen LogP contribution is -2.32. The molecule has 0 bridgehead atoms. The third kappa shape index (κ3) is 1.96. The zero-order chi connectivity index (χ0) is 7.40. The highest BCUT2D eigenvalue weighted by atomic mass is 15.2. The molecule has 0 aromatic rings. The Bertz CT molecular complexity index is 93.3. The molecule has 1 atom stereocenters. The summed E-state index contributed by atoms with van der Waals surface area (Å²) in [6, 6.07) is 0.768. The molecule has 0 radical (unpaired) electrons. The Morgan fingerprint density at radius 3 is 2.80 bits per heavy atom. The molecule has 1 aliphatic heterocycles. The molecular formula is C8H18N2. The van der Waals surface area contributed by atoms with Gasteiger partial charge in [-0.2, -0.15) is 0 Å². The highest BCUT2D eigenvalue weighted by Gasteiger charge is 2.19. The van der Waals surface area contributed by atoms with Crippen molar-refractivity contribution in [2.75, 3.05) is 26.2 Å². The van der Waals surface area contributed by atoms with E-state index in [1.165, 1.54) is 26.1 Å². The molecule has 0 aromatic carbocycles. The quantitative estimate of drug-likeness (QED) is 0.623. The van der Waals surface area contributed by atoms with Gasteiger partial charge in [0, 0.05) is 12.6 Å². The summed E-state index contributed by atoms with van der Waals surface area (Å²) in [5.74, 6) is 0. The standard InChI is InChI=1S/C8H18N2/c1-3-9-8-5-6-10(4-2)7-8/h8-9H,3-7H2,1-2H3. The highest BCUT2D eigenvalue weighted by Crippen LogP contribution is 2.07. The minimum atomic E-state index is 0.768. The van der Waals surface area contributed by atoms with Crippen LogP contribution in [-0.4, -0.2) is 37.1 Å². The molecule has 1 heterocycles. The number of hydrogen-bond donors (Lipinski definition) is 1. The Balaban J connectivity index is 2.15. The van der Waals surface area contributed by atoms with E-state index in [1.807, 2.05) is 0 Å². The molecule has 1 unspecified atom stereocenters. The molecular weight excluding hydrogens is 124 g/mol. The first-order chi connectivity index (χ1) is 4.86. The van der Waals surface area contributed by atoms with Crippen LogP contribution in [0, 0.1) is 0 Å². The maximum atomic E-state index is 3.47. The van der Waals surface area contributed by atoms with Crippen LogP contribution in [0.5, 0.6) is 0 Å². The fourth-order valence-electron chi connectivity index (χ4n) is 1.58. The van der Waals surface area contributed by atoms with Gasteiger partial charge in [0.25, 0.3) is 0 Å². The van der Waals surface area contributed by atoms with Gasteiger partial charge in [0.15, 0.2) is 0 Å². The molecule has 2 nitrogen and oxygen atoms in total. The van der Waals surface area contributed by atoms with Crippen molar-refractivity contribution in [2.24, 2.45) is 0 Å². The molecule has 0 saturated carbocycles. The van der Waals surface area contributed by atoms with Crippen molar-refractivity contribution in [3.8, 4) is 0 Å². The number of likely N-dealkylation sites (N-methyl/N-ethyl adjacent to an activating group) is 2. The number of hydrogen-bond acceptors (Lipinski definition) is 2. The first kappa shape index (κ1) is 8.02. The lowest BCUT2D eigenvalue weighted by Gasteiger charge is -2.12. The summed E-state index contributed by atoms with van der Waals surface area (Å²) in [6.07, 6.45) is 1.34. The zero-order valence-corrected chi connectivity index (χ0v) is 7.06. The van der Waals surface area contributed by atoms with Crippen LogP contribution >= 0.6 is 0 Å². The van der Waals surface area contributed by atoms with Gasteiger partial charge in [-0.1, -0.05) is 13.8 Å². The van der Waals surface area contributed by atoms with E-state index in [9.17, 15) is 0 Å². The van der Waals surface area contributed by atoms with Crippen LogP contribution < -0.4 is 5.32 Å². The molecule has 1 aliphatic rings. The van der Waals surface area contributed by atoms with Crippen molar-refractivity contribution in [3.63, 3.8) is 0 Å². The molecule has 1 fully saturated rings. The molecule has 0 aliphatic carbocycles. The Kier molecular flexibility index (Phi) is 3.16. The Hall–Kier alpha value is -0.0800. The highest BCUT2D eigenvalue weighted by molar-refractivity contribution is 4.79. The fraction of sp³-hybridized carbons (Fsp3) is 1.00. The average molecular weight is 142 g/mol. The van der Waals surface area contributed by atoms with Crippen molar-refractivity contribution < 1.29 is 0 Å². The third-order valence-corrected chi connectivity index (χ3v) is 2.21. The monoisotopic (exact) mass is 142 g/mol. The molecule has 2 heteroatoms. The summed E-state index contributed by atoms with van der Waals surface area (Å²) >= 11 is 0. The van der Waals surface area contributed by atoms with Crippen LogP contribution in [0.15, 0.2) is 0 Å². The second-order valence-corrected chi connectivity index (χ2v) is 2.94. The molecule has 10 heavy (non-hydrogen) atoms. The zero-order valence-electron chi connectivity index (χ0n) is 7.06. The maximum Gasteiger partial charge on any atom is 0.0207 e. The van der Waals surface area contributed by atoms with Gasteiger partial charge in [0.05, 0.1) is 0 Å². The molecule has 60 valence electrons. The molecule has 1 saturated heterocycles. The van der Waals surface area contributed by atoms with Crippen molar-refractivity contribution >= 4 is 0 Å². The van der Waals surface area contributed by atoms with Gasteiger partial charge in [-0.25, -0.2) is 0 Å². The SMILES string of the molecule is CCNC1CCN(CC)C1. The first-order valence-electron chi connectivity index (χ1n) is 4.32. The van der Waals surface area contributed by atoms with Gasteiger partial charge in [0.2, 0.25) is 0 Å². The van der Waals surface area contributed by atoms with Crippen molar-refractivity contribution in [2.45, 2.75) is 26.3 Å². The van der Waals surface area contributed by atoms with Gasteiger partial charge in [-0.3, -0.25) is 0 Å². The fourth-order valence-corrected chi connectivity index (χ4v) is 1.58. The van der Waals surface area contributed by atoms with Gasteiger partial charge in [-0.05, 0) is 26.1 Å². The largest absolute Gasteiger partial charge is 0.313 e. The van der Waals surface area contributed by atoms with Crippen LogP contribution in [0.3, 0.4) is 0 Å². The Morgan fingerprint density at radius 2 is 2.30 bits per heavy atom. The molecule has 0 amide bonds. The van der Waals surface area contributed by atoms with E-state index < -0.39 is 0 Å². The molecule has 1 N–H and O–H groups in total. The summed E-state index contributed by atoms with van der Waals surface area (Å²) in [4.78, 5) is 2.49. The Labute approximate surface area is 63.6 Å². The summed E-state index contributed by atoms with van der Waals surface area (Å²) in [6.45, 7) is 9.27. The van der Waals surface area contributed by atoms with Crippen molar-refractivity contribution in [1.29, 1.82) is 0 Å². The minimum absolute atomic E-state index is 0.768. The van der Waals surface area contributed by atoms with Crippen LogP contribution in [0.25, 0.3) is 0 Å². The van der Waals surface area contributed by atoms with E-state index in [0.717, 1.165) is 12.6 Å². The smallest absolute Gasteiger partial charge is 0.0207 e. The molecule has 0 aromatic heterocycles. The van der Waals surface area contributed by atoms with E-state index in [0.29, 0.717) is 0 Å². The predicted octanol–water partition coefficient (Wildman–Crippen LogP) is 0.690. The minimum Gasteiger partial charge on any atom is -0.313 e. The third-order valence-electron chi connectivity index (χ3n) is 2.21. The predicted molar refractivity (Wildman–Crippen MR) is 44.2 cm³/mol. The van der Waals surface area contributed by atoms with Crippen molar-refractivity contribution in [1.82, 2.24) is 10.2 Å². The van der Waals surface area contributed by atoms with Crippen LogP contribution in [0.1, 0.15) is 20.3 Å². The molecule has 0 spiro atoms. The summed E-state index contributed by atoms with van der Waals surface area (Å²) < 4.78 is 0. The average Bonchev–Trinajstić information content (AvgIpc) is 2.37. The van der Waals surface area contributed by atoms with Crippen LogP contribution in [0.4, 0.5) is 0 Å². The van der Waals surface area contributed by atoms with Crippen LogP contribution in [-0.2, 0) is 0 Å². The number of nitrogens with zero attached hydrogens (tertiary/aromatic N) is 1. The normalized spacial score (nSPS) is 27.6. The van der Waals surface area contributed by atoms with E-state index >= 15 is 0 Å². The molecule has 1 rings (SSSR count). The van der Waals surface area contributed by atoms with Gasteiger partial charge < -0.3 is 10.2 Å².